The molecule has 4 aromatic carbocycles. The van der Waals surface area contributed by atoms with E-state index in [0.29, 0.717) is 0 Å². The van der Waals surface area contributed by atoms with Crippen molar-refractivity contribution in [3.8, 4) is 22.3 Å². The Balaban J connectivity index is 1.89. The van der Waals surface area contributed by atoms with E-state index in [-0.39, 0.29) is 0 Å². The van der Waals surface area contributed by atoms with Gasteiger partial charge in [-0.1, -0.05) is 86.5 Å². The normalized spacial score (nSPS) is 11.5. The minimum atomic E-state index is 1.10. The minimum absolute atomic E-state index is 1.10. The number of nitrogens with zero attached hydrogens (tertiary/aromatic N) is 1. The first kappa shape index (κ1) is 18.9. The molecule has 0 saturated carbocycles. The topological polar surface area (TPSA) is 3.24 Å². The lowest BCUT2D eigenvalue weighted by Gasteiger charge is -2.27. The fourth-order valence-corrected chi connectivity index (χ4v) is 4.30. The summed E-state index contributed by atoms with van der Waals surface area (Å²) in [6.07, 6.45) is 5.68. The van der Waals surface area contributed by atoms with Gasteiger partial charge in [0, 0.05) is 16.8 Å². The van der Waals surface area contributed by atoms with E-state index < -0.39 is 0 Å². The molecule has 0 amide bonds. The molecule has 1 aliphatic heterocycles. The van der Waals surface area contributed by atoms with E-state index in [1.54, 1.807) is 0 Å². The molecule has 0 aromatic heterocycles. The first-order valence-corrected chi connectivity index (χ1v) is 10.4. The van der Waals surface area contributed by atoms with Gasteiger partial charge < -0.3 is 4.90 Å². The molecule has 0 bridgehead atoms. The van der Waals surface area contributed by atoms with Crippen LogP contribution in [0.2, 0.25) is 0 Å². The Morgan fingerprint density at radius 2 is 0.935 bits per heavy atom. The number of anilines is 3. The molecule has 0 atom stereocenters. The third kappa shape index (κ3) is 3.12. The third-order valence-corrected chi connectivity index (χ3v) is 5.89. The molecule has 0 unspecified atom stereocenters. The standard InChI is InChI=1S/C30H23N/c1-4-21-11-15-24(16-12-21)31-29-17-13-22(5-2)19-27(29)25-9-7-8-10-26(25)28-20-23(6-3)14-18-30(28)31/h4-20H,1-3H2. The van der Waals surface area contributed by atoms with Gasteiger partial charge in [0.05, 0.1) is 11.4 Å². The smallest absolute Gasteiger partial charge is 0.0540 e. The molecular formula is C30H23N. The molecule has 0 saturated heterocycles. The molecule has 1 heteroatoms. The maximum absolute atomic E-state index is 3.98. The van der Waals surface area contributed by atoms with E-state index >= 15 is 0 Å². The number of benzene rings is 4. The zero-order valence-corrected chi connectivity index (χ0v) is 17.4. The van der Waals surface area contributed by atoms with Gasteiger partial charge in [0.25, 0.3) is 0 Å². The third-order valence-electron chi connectivity index (χ3n) is 5.89. The second-order valence-corrected chi connectivity index (χ2v) is 7.64. The molecular weight excluding hydrogens is 374 g/mol. The Kier molecular flexibility index (Phi) is 4.65. The van der Waals surface area contributed by atoms with Crippen molar-refractivity contribution in [3.63, 3.8) is 0 Å². The lowest BCUT2D eigenvalue weighted by atomic mass is 9.93. The average molecular weight is 398 g/mol. The quantitative estimate of drug-likeness (QED) is 0.293. The van der Waals surface area contributed by atoms with Gasteiger partial charge in [0.15, 0.2) is 0 Å². The van der Waals surface area contributed by atoms with E-state index in [4.69, 9.17) is 0 Å². The van der Waals surface area contributed by atoms with Crippen molar-refractivity contribution < 1.29 is 0 Å². The number of hydrogen-bond acceptors (Lipinski definition) is 1. The predicted molar refractivity (Wildman–Crippen MR) is 136 cm³/mol. The molecule has 0 fully saturated rings. The zero-order chi connectivity index (χ0) is 21.4. The first-order chi connectivity index (χ1) is 15.2. The van der Waals surface area contributed by atoms with Crippen LogP contribution in [0.25, 0.3) is 40.5 Å². The van der Waals surface area contributed by atoms with Crippen molar-refractivity contribution >= 4 is 35.3 Å². The lowest BCUT2D eigenvalue weighted by molar-refractivity contribution is 1.29. The van der Waals surface area contributed by atoms with E-state index in [1.807, 2.05) is 18.2 Å². The molecule has 4 aromatic rings. The van der Waals surface area contributed by atoms with Crippen molar-refractivity contribution in [3.05, 3.63) is 121 Å². The molecule has 0 radical (unpaired) electrons. The molecule has 1 nitrogen and oxygen atoms in total. The highest BCUT2D eigenvalue weighted by Gasteiger charge is 2.26. The van der Waals surface area contributed by atoms with Crippen LogP contribution in [0, 0.1) is 0 Å². The summed E-state index contributed by atoms with van der Waals surface area (Å²) in [7, 11) is 0. The lowest BCUT2D eigenvalue weighted by Crippen LogP contribution is -2.11. The van der Waals surface area contributed by atoms with Gasteiger partial charge in [-0.25, -0.2) is 0 Å². The van der Waals surface area contributed by atoms with Crippen molar-refractivity contribution in [2.24, 2.45) is 0 Å². The van der Waals surface area contributed by atoms with Crippen LogP contribution in [-0.2, 0) is 0 Å². The van der Waals surface area contributed by atoms with Crippen LogP contribution in [0.1, 0.15) is 16.7 Å². The van der Waals surface area contributed by atoms with Crippen LogP contribution in [0.15, 0.2) is 105 Å². The van der Waals surface area contributed by atoms with Crippen molar-refractivity contribution in [1.82, 2.24) is 0 Å². The molecule has 31 heavy (non-hydrogen) atoms. The Morgan fingerprint density at radius 3 is 1.39 bits per heavy atom. The SMILES string of the molecule is C=Cc1ccc(N2c3ccc(C=C)cc3-c3ccccc3-c3cc(C=C)ccc32)cc1. The summed E-state index contributed by atoms with van der Waals surface area (Å²) >= 11 is 0. The molecule has 0 N–H and O–H groups in total. The van der Waals surface area contributed by atoms with Crippen LogP contribution in [-0.4, -0.2) is 0 Å². The fraction of sp³-hybridized carbons (Fsp3) is 0. The number of fused-ring (bicyclic) bond motifs is 5. The van der Waals surface area contributed by atoms with Crippen LogP contribution < -0.4 is 4.90 Å². The van der Waals surface area contributed by atoms with Crippen molar-refractivity contribution in [2.45, 2.75) is 0 Å². The second kappa shape index (κ2) is 7.62. The van der Waals surface area contributed by atoms with Gasteiger partial charge in [-0.05, 0) is 64.2 Å². The van der Waals surface area contributed by atoms with Crippen LogP contribution in [0.3, 0.4) is 0 Å². The van der Waals surface area contributed by atoms with Crippen molar-refractivity contribution in [2.75, 3.05) is 4.90 Å². The summed E-state index contributed by atoms with van der Waals surface area (Å²) in [4.78, 5) is 2.34. The van der Waals surface area contributed by atoms with E-state index in [2.05, 4.69) is 110 Å². The summed E-state index contributed by atoms with van der Waals surface area (Å²) in [6, 6.07) is 30.3. The van der Waals surface area contributed by atoms with Crippen LogP contribution >= 0.6 is 0 Å². The first-order valence-electron chi connectivity index (χ1n) is 10.4. The average Bonchev–Trinajstić information content (AvgIpc) is 2.96. The fourth-order valence-electron chi connectivity index (χ4n) is 4.30. The Labute approximate surface area is 183 Å². The summed E-state index contributed by atoms with van der Waals surface area (Å²) in [6.45, 7) is 11.9. The van der Waals surface area contributed by atoms with Gasteiger partial charge in [-0.15, -0.1) is 0 Å². The van der Waals surface area contributed by atoms with Gasteiger partial charge >= 0.3 is 0 Å². The summed E-state index contributed by atoms with van der Waals surface area (Å²) in [5.74, 6) is 0. The molecule has 148 valence electrons. The minimum Gasteiger partial charge on any atom is -0.309 e. The predicted octanol–water partition coefficient (Wildman–Crippen LogP) is 8.73. The molecule has 1 heterocycles. The van der Waals surface area contributed by atoms with Crippen LogP contribution in [0.4, 0.5) is 17.1 Å². The number of rotatable bonds is 4. The molecule has 0 spiro atoms. The maximum Gasteiger partial charge on any atom is 0.0540 e. The monoisotopic (exact) mass is 397 g/mol. The molecule has 0 aliphatic carbocycles. The Morgan fingerprint density at radius 1 is 0.484 bits per heavy atom. The van der Waals surface area contributed by atoms with Gasteiger partial charge in [0.1, 0.15) is 0 Å². The van der Waals surface area contributed by atoms with E-state index in [1.165, 1.54) is 22.3 Å². The zero-order valence-electron chi connectivity index (χ0n) is 17.4. The molecule has 5 rings (SSSR count). The van der Waals surface area contributed by atoms with Crippen molar-refractivity contribution in [1.29, 1.82) is 0 Å². The molecule has 1 aliphatic rings. The van der Waals surface area contributed by atoms with Gasteiger partial charge in [-0.2, -0.15) is 0 Å². The second-order valence-electron chi connectivity index (χ2n) is 7.64. The largest absolute Gasteiger partial charge is 0.309 e. The van der Waals surface area contributed by atoms with E-state index in [0.717, 1.165) is 33.8 Å². The summed E-state index contributed by atoms with van der Waals surface area (Å²) in [5.41, 5.74) is 11.5. The van der Waals surface area contributed by atoms with E-state index in [9.17, 15) is 0 Å². The highest BCUT2D eigenvalue weighted by Crippen LogP contribution is 2.51. The maximum atomic E-state index is 3.98. The Hall–Kier alpha value is -4.10. The van der Waals surface area contributed by atoms with Gasteiger partial charge in [0.2, 0.25) is 0 Å². The highest BCUT2D eigenvalue weighted by molar-refractivity contribution is 6.03. The van der Waals surface area contributed by atoms with Gasteiger partial charge in [-0.3, -0.25) is 0 Å². The highest BCUT2D eigenvalue weighted by atomic mass is 15.1. The Bertz CT molecular complexity index is 1250. The number of hydrogen-bond donors (Lipinski definition) is 0. The summed E-state index contributed by atoms with van der Waals surface area (Å²) in [5, 5.41) is 0. The summed E-state index contributed by atoms with van der Waals surface area (Å²) < 4.78 is 0. The van der Waals surface area contributed by atoms with Crippen LogP contribution in [0.5, 0.6) is 0 Å².